The molecule has 28 heavy (non-hydrogen) atoms. The van der Waals surface area contributed by atoms with Crippen molar-refractivity contribution < 1.29 is 17.6 Å². The summed E-state index contributed by atoms with van der Waals surface area (Å²) < 4.78 is 40.1. The Morgan fingerprint density at radius 1 is 1.07 bits per heavy atom. The molecule has 1 amide bonds. The normalized spacial score (nSPS) is 15.4. The minimum atomic E-state index is -3.73. The molecule has 2 aromatic carbocycles. The molecule has 0 spiro atoms. The molecule has 1 heterocycles. The number of carbonyl (C=O) groups is 1. The molecular formula is C20H22ClFN2O3S. The molecule has 1 fully saturated rings. The largest absolute Gasteiger partial charge is 0.352 e. The van der Waals surface area contributed by atoms with Crippen LogP contribution >= 0.6 is 11.6 Å². The van der Waals surface area contributed by atoms with Crippen molar-refractivity contribution in [3.63, 3.8) is 0 Å². The maximum atomic E-state index is 12.9. The number of nitrogens with zero attached hydrogens (tertiary/aromatic N) is 1. The molecule has 3 rings (SSSR count). The van der Waals surface area contributed by atoms with Crippen molar-refractivity contribution in [3.8, 4) is 0 Å². The predicted molar refractivity (Wildman–Crippen MR) is 106 cm³/mol. The van der Waals surface area contributed by atoms with Crippen molar-refractivity contribution in [2.45, 2.75) is 30.6 Å². The highest BCUT2D eigenvalue weighted by Gasteiger charge is 2.28. The second-order valence-corrected chi connectivity index (χ2v) is 9.06. The summed E-state index contributed by atoms with van der Waals surface area (Å²) in [4.78, 5) is 12.4. The van der Waals surface area contributed by atoms with Gasteiger partial charge in [-0.25, -0.2) is 12.8 Å². The van der Waals surface area contributed by atoms with Gasteiger partial charge in [-0.2, -0.15) is 4.31 Å². The highest BCUT2D eigenvalue weighted by Crippen LogP contribution is 2.27. The fourth-order valence-corrected chi connectivity index (χ4v) is 5.18. The van der Waals surface area contributed by atoms with E-state index in [1.807, 2.05) is 0 Å². The van der Waals surface area contributed by atoms with Crippen molar-refractivity contribution in [2.75, 3.05) is 19.6 Å². The second kappa shape index (κ2) is 9.03. The molecule has 0 unspecified atom stereocenters. The van der Waals surface area contributed by atoms with Crippen LogP contribution in [0.4, 0.5) is 4.39 Å². The topological polar surface area (TPSA) is 66.5 Å². The lowest BCUT2D eigenvalue weighted by Crippen LogP contribution is -2.36. The van der Waals surface area contributed by atoms with E-state index >= 15 is 0 Å². The minimum absolute atomic E-state index is 0.0396. The Kier molecular flexibility index (Phi) is 6.69. The highest BCUT2D eigenvalue weighted by molar-refractivity contribution is 7.89. The van der Waals surface area contributed by atoms with Crippen LogP contribution in [0.5, 0.6) is 0 Å². The molecular weight excluding hydrogens is 403 g/mol. The molecule has 0 bridgehead atoms. The van der Waals surface area contributed by atoms with E-state index in [0.29, 0.717) is 26.1 Å². The molecule has 2 aromatic rings. The summed E-state index contributed by atoms with van der Waals surface area (Å²) in [5, 5.41) is 2.86. The van der Waals surface area contributed by atoms with Gasteiger partial charge < -0.3 is 5.32 Å². The van der Waals surface area contributed by atoms with Gasteiger partial charge in [0.15, 0.2) is 0 Å². The number of nitrogens with one attached hydrogen (secondary N) is 1. The number of piperidine rings is 1. The van der Waals surface area contributed by atoms with E-state index in [2.05, 4.69) is 5.32 Å². The van der Waals surface area contributed by atoms with Crippen LogP contribution in [0.2, 0.25) is 5.02 Å². The number of sulfonamides is 1. The van der Waals surface area contributed by atoms with Gasteiger partial charge in [-0.15, -0.1) is 0 Å². The third-order valence-electron chi connectivity index (χ3n) is 4.74. The Labute approximate surface area is 169 Å². The van der Waals surface area contributed by atoms with Crippen LogP contribution in [-0.2, 0) is 16.4 Å². The summed E-state index contributed by atoms with van der Waals surface area (Å²) >= 11 is 6.13. The zero-order valence-electron chi connectivity index (χ0n) is 15.3. The van der Waals surface area contributed by atoms with Crippen molar-refractivity contribution in [1.82, 2.24) is 9.62 Å². The standard InChI is InChI=1S/C20H22ClFN2O3S/c21-18-9-6-16(14-19(18)28(26,27)24-12-2-1-3-13-24)20(25)23-11-10-15-4-7-17(22)8-5-15/h4-9,14H,1-3,10-13H2,(H,23,25). The third kappa shape index (κ3) is 4.90. The van der Waals surface area contributed by atoms with E-state index < -0.39 is 10.0 Å². The van der Waals surface area contributed by atoms with Gasteiger partial charge in [-0.1, -0.05) is 30.2 Å². The predicted octanol–water partition coefficient (Wildman–Crippen LogP) is 3.63. The first-order chi connectivity index (χ1) is 13.4. The molecule has 0 aliphatic carbocycles. The Morgan fingerprint density at radius 2 is 1.75 bits per heavy atom. The van der Waals surface area contributed by atoms with E-state index in [9.17, 15) is 17.6 Å². The fourth-order valence-electron chi connectivity index (χ4n) is 3.16. The first-order valence-corrected chi connectivity index (χ1v) is 11.0. The van der Waals surface area contributed by atoms with Crippen LogP contribution in [0.3, 0.4) is 0 Å². The van der Waals surface area contributed by atoms with E-state index in [1.54, 1.807) is 12.1 Å². The number of amides is 1. The van der Waals surface area contributed by atoms with Gasteiger partial charge >= 0.3 is 0 Å². The van der Waals surface area contributed by atoms with Gasteiger partial charge in [-0.3, -0.25) is 4.79 Å². The first-order valence-electron chi connectivity index (χ1n) is 9.20. The SMILES string of the molecule is O=C(NCCc1ccc(F)cc1)c1ccc(Cl)c(S(=O)(=O)N2CCCCC2)c1. The lowest BCUT2D eigenvalue weighted by molar-refractivity contribution is 0.0954. The van der Waals surface area contributed by atoms with Crippen LogP contribution in [-0.4, -0.2) is 38.3 Å². The van der Waals surface area contributed by atoms with Gasteiger partial charge in [-0.05, 0) is 55.2 Å². The monoisotopic (exact) mass is 424 g/mol. The van der Waals surface area contributed by atoms with Gasteiger partial charge in [0.25, 0.3) is 5.91 Å². The third-order valence-corrected chi connectivity index (χ3v) is 7.12. The Bertz CT molecular complexity index is 942. The lowest BCUT2D eigenvalue weighted by Gasteiger charge is -2.26. The van der Waals surface area contributed by atoms with Crippen LogP contribution in [0.15, 0.2) is 47.4 Å². The van der Waals surface area contributed by atoms with Gasteiger partial charge in [0.1, 0.15) is 10.7 Å². The average Bonchev–Trinajstić information content (AvgIpc) is 2.70. The molecule has 1 aliphatic rings. The van der Waals surface area contributed by atoms with Crippen molar-refractivity contribution in [2.24, 2.45) is 0 Å². The van der Waals surface area contributed by atoms with Crippen molar-refractivity contribution in [1.29, 1.82) is 0 Å². The number of carbonyl (C=O) groups excluding carboxylic acids is 1. The highest BCUT2D eigenvalue weighted by atomic mass is 35.5. The molecule has 0 saturated carbocycles. The van der Waals surface area contributed by atoms with E-state index in [1.165, 1.54) is 34.6 Å². The summed E-state index contributed by atoms with van der Waals surface area (Å²) in [6.07, 6.45) is 3.19. The molecule has 5 nitrogen and oxygen atoms in total. The lowest BCUT2D eigenvalue weighted by atomic mass is 10.1. The number of halogens is 2. The summed E-state index contributed by atoms with van der Waals surface area (Å²) in [6, 6.07) is 10.3. The zero-order valence-corrected chi connectivity index (χ0v) is 16.9. The Hall–Kier alpha value is -1.96. The van der Waals surface area contributed by atoms with Crippen LogP contribution in [0.1, 0.15) is 35.2 Å². The Morgan fingerprint density at radius 3 is 2.43 bits per heavy atom. The maximum absolute atomic E-state index is 12.9. The first kappa shape index (κ1) is 20.8. The molecule has 1 saturated heterocycles. The number of hydrogen-bond donors (Lipinski definition) is 1. The zero-order chi connectivity index (χ0) is 20.1. The molecule has 0 atom stereocenters. The minimum Gasteiger partial charge on any atom is -0.352 e. The van der Waals surface area contributed by atoms with Crippen LogP contribution in [0.25, 0.3) is 0 Å². The number of benzene rings is 2. The molecule has 1 aliphatic heterocycles. The molecule has 0 radical (unpaired) electrons. The van der Waals surface area contributed by atoms with Crippen LogP contribution in [0, 0.1) is 5.82 Å². The summed E-state index contributed by atoms with van der Waals surface area (Å²) in [7, 11) is -3.73. The molecule has 1 N–H and O–H groups in total. The molecule has 8 heteroatoms. The average molecular weight is 425 g/mol. The smallest absolute Gasteiger partial charge is 0.251 e. The summed E-state index contributed by atoms with van der Waals surface area (Å²) in [5.41, 5.74) is 1.13. The van der Waals surface area contributed by atoms with E-state index in [4.69, 9.17) is 11.6 Å². The van der Waals surface area contributed by atoms with Crippen LogP contribution < -0.4 is 5.32 Å². The molecule has 150 valence electrons. The quantitative estimate of drug-likeness (QED) is 0.770. The van der Waals surface area contributed by atoms with E-state index in [0.717, 1.165) is 24.8 Å². The number of hydrogen-bond acceptors (Lipinski definition) is 3. The summed E-state index contributed by atoms with van der Waals surface area (Å²) in [5.74, 6) is -0.690. The summed E-state index contributed by atoms with van der Waals surface area (Å²) in [6.45, 7) is 1.28. The van der Waals surface area contributed by atoms with Crippen molar-refractivity contribution >= 4 is 27.5 Å². The number of rotatable bonds is 6. The Balaban J connectivity index is 1.69. The maximum Gasteiger partial charge on any atom is 0.251 e. The second-order valence-electron chi connectivity index (χ2n) is 6.74. The van der Waals surface area contributed by atoms with E-state index in [-0.39, 0.29) is 27.2 Å². The van der Waals surface area contributed by atoms with Gasteiger partial charge in [0.05, 0.1) is 5.02 Å². The fraction of sp³-hybridized carbons (Fsp3) is 0.350. The van der Waals surface area contributed by atoms with Gasteiger partial charge in [0, 0.05) is 25.2 Å². The molecule has 0 aromatic heterocycles. The van der Waals surface area contributed by atoms with Crippen molar-refractivity contribution in [3.05, 3.63) is 64.4 Å². The van der Waals surface area contributed by atoms with Gasteiger partial charge in [0.2, 0.25) is 10.0 Å².